The maximum Gasteiger partial charge on any atom is 0.200 e. The van der Waals surface area contributed by atoms with Crippen LogP contribution < -0.4 is 4.74 Å². The van der Waals surface area contributed by atoms with Crippen molar-refractivity contribution in [3.05, 3.63) is 53.6 Å². The molecule has 0 radical (unpaired) electrons. The maximum absolute atomic E-state index is 9.57. The summed E-state index contributed by atoms with van der Waals surface area (Å²) in [6.45, 7) is 2.37. The summed E-state index contributed by atoms with van der Waals surface area (Å²) in [6, 6.07) is 12.5. The number of aromatic hydroxyl groups is 2. The molecule has 0 fully saturated rings. The van der Waals surface area contributed by atoms with Crippen molar-refractivity contribution in [2.24, 2.45) is 0 Å². The van der Waals surface area contributed by atoms with Gasteiger partial charge in [0.1, 0.15) is 6.61 Å². The van der Waals surface area contributed by atoms with Crippen molar-refractivity contribution in [3.63, 3.8) is 0 Å². The molecule has 88 valence electrons. The Morgan fingerprint density at radius 2 is 1.76 bits per heavy atom. The first-order valence-electron chi connectivity index (χ1n) is 5.36. The largest absolute Gasteiger partial charge is 0.504 e. The molecule has 0 amide bonds. The Balaban J connectivity index is 2.13. The third-order valence-corrected chi connectivity index (χ3v) is 2.62. The zero-order chi connectivity index (χ0) is 12.3. The van der Waals surface area contributed by atoms with Crippen LogP contribution in [0.15, 0.2) is 42.5 Å². The van der Waals surface area contributed by atoms with Crippen LogP contribution in [0, 0.1) is 6.92 Å². The van der Waals surface area contributed by atoms with Crippen molar-refractivity contribution in [1.82, 2.24) is 0 Å². The van der Waals surface area contributed by atoms with Crippen LogP contribution in [0.4, 0.5) is 0 Å². The molecular formula is C14H14O3. The molecule has 0 unspecified atom stereocenters. The van der Waals surface area contributed by atoms with Gasteiger partial charge in [-0.2, -0.15) is 0 Å². The lowest BCUT2D eigenvalue weighted by atomic mass is 10.1. The highest BCUT2D eigenvalue weighted by atomic mass is 16.5. The monoisotopic (exact) mass is 230 g/mol. The lowest BCUT2D eigenvalue weighted by Gasteiger charge is -2.10. The van der Waals surface area contributed by atoms with Gasteiger partial charge in [0.05, 0.1) is 0 Å². The van der Waals surface area contributed by atoms with Crippen LogP contribution in [0.3, 0.4) is 0 Å². The Morgan fingerprint density at radius 3 is 2.53 bits per heavy atom. The van der Waals surface area contributed by atoms with E-state index in [1.165, 1.54) is 6.07 Å². The van der Waals surface area contributed by atoms with E-state index in [2.05, 4.69) is 0 Å². The Bertz CT molecular complexity index is 521. The Morgan fingerprint density at radius 1 is 1.00 bits per heavy atom. The smallest absolute Gasteiger partial charge is 0.200 e. The second-order valence-corrected chi connectivity index (χ2v) is 3.84. The van der Waals surface area contributed by atoms with Gasteiger partial charge in [0.25, 0.3) is 0 Å². The lowest BCUT2D eigenvalue weighted by Crippen LogP contribution is -1.97. The highest BCUT2D eigenvalue weighted by Crippen LogP contribution is 2.34. The number of phenolic OH excluding ortho intramolecular Hbond substituents is 2. The molecule has 2 rings (SSSR count). The topological polar surface area (TPSA) is 49.7 Å². The van der Waals surface area contributed by atoms with E-state index in [-0.39, 0.29) is 17.2 Å². The van der Waals surface area contributed by atoms with E-state index in [0.717, 1.165) is 11.1 Å². The van der Waals surface area contributed by atoms with Crippen molar-refractivity contribution in [2.45, 2.75) is 13.5 Å². The first-order chi connectivity index (χ1) is 8.18. The second kappa shape index (κ2) is 4.78. The Hall–Kier alpha value is -2.16. The number of aryl methyl sites for hydroxylation is 1. The maximum atomic E-state index is 9.57. The zero-order valence-corrected chi connectivity index (χ0v) is 9.55. The first kappa shape index (κ1) is 11.3. The quantitative estimate of drug-likeness (QED) is 0.797. The van der Waals surface area contributed by atoms with Crippen LogP contribution in [0.25, 0.3) is 0 Å². The predicted octanol–water partition coefficient (Wildman–Crippen LogP) is 2.99. The summed E-state index contributed by atoms with van der Waals surface area (Å²) in [5, 5.41) is 18.9. The molecule has 0 aliphatic rings. The van der Waals surface area contributed by atoms with Crippen molar-refractivity contribution in [1.29, 1.82) is 0 Å². The van der Waals surface area contributed by atoms with Crippen molar-refractivity contribution >= 4 is 0 Å². The fourth-order valence-corrected chi connectivity index (χ4v) is 1.55. The van der Waals surface area contributed by atoms with E-state index in [1.54, 1.807) is 12.1 Å². The highest BCUT2D eigenvalue weighted by molar-refractivity contribution is 5.49. The van der Waals surface area contributed by atoms with E-state index < -0.39 is 0 Å². The number of rotatable bonds is 3. The Labute approximate surface area is 99.9 Å². The van der Waals surface area contributed by atoms with Gasteiger partial charge in [-0.1, -0.05) is 30.3 Å². The zero-order valence-electron chi connectivity index (χ0n) is 9.55. The molecule has 3 nitrogen and oxygen atoms in total. The average molecular weight is 230 g/mol. The summed E-state index contributed by atoms with van der Waals surface area (Å²) < 4.78 is 5.47. The molecule has 0 heterocycles. The molecule has 0 aromatic heterocycles. The van der Waals surface area contributed by atoms with Crippen LogP contribution >= 0.6 is 0 Å². The minimum atomic E-state index is -0.221. The van der Waals surface area contributed by atoms with Crippen LogP contribution in [-0.2, 0) is 6.61 Å². The average Bonchev–Trinajstić information content (AvgIpc) is 2.33. The molecule has 0 bridgehead atoms. The SMILES string of the molecule is Cc1ccccc1COc1cccc(O)c1O. The summed E-state index contributed by atoms with van der Waals surface area (Å²) in [7, 11) is 0. The van der Waals surface area contributed by atoms with E-state index in [1.807, 2.05) is 31.2 Å². The van der Waals surface area contributed by atoms with E-state index in [0.29, 0.717) is 6.61 Å². The molecule has 0 spiro atoms. The number of benzene rings is 2. The predicted molar refractivity (Wildman–Crippen MR) is 65.3 cm³/mol. The summed E-state index contributed by atoms with van der Waals surface area (Å²) in [4.78, 5) is 0. The van der Waals surface area contributed by atoms with Gasteiger partial charge in [0, 0.05) is 0 Å². The molecular weight excluding hydrogens is 216 g/mol. The molecule has 2 N–H and O–H groups in total. The fourth-order valence-electron chi connectivity index (χ4n) is 1.55. The van der Waals surface area contributed by atoms with Crippen molar-refractivity contribution in [2.75, 3.05) is 0 Å². The molecule has 0 atom stereocenters. The minimum absolute atomic E-state index is 0.174. The third-order valence-electron chi connectivity index (χ3n) is 2.62. The van der Waals surface area contributed by atoms with Crippen LogP contribution in [0.1, 0.15) is 11.1 Å². The highest BCUT2D eigenvalue weighted by Gasteiger charge is 2.07. The van der Waals surface area contributed by atoms with Crippen LogP contribution in [0.5, 0.6) is 17.2 Å². The number of hydrogen-bond donors (Lipinski definition) is 2. The lowest BCUT2D eigenvalue weighted by molar-refractivity contribution is 0.282. The standard InChI is InChI=1S/C14H14O3/c1-10-5-2-3-6-11(10)9-17-13-8-4-7-12(15)14(13)16/h2-8,15-16H,9H2,1H3. The van der Waals surface area contributed by atoms with Gasteiger partial charge in [-0.05, 0) is 30.2 Å². The van der Waals surface area contributed by atoms with Gasteiger partial charge in [-0.25, -0.2) is 0 Å². The molecule has 3 heteroatoms. The molecule has 0 aliphatic heterocycles. The molecule has 0 aliphatic carbocycles. The molecule has 2 aromatic rings. The summed E-state index contributed by atoms with van der Waals surface area (Å²) >= 11 is 0. The molecule has 0 saturated heterocycles. The minimum Gasteiger partial charge on any atom is -0.504 e. The second-order valence-electron chi connectivity index (χ2n) is 3.84. The van der Waals surface area contributed by atoms with Crippen LogP contribution in [0.2, 0.25) is 0 Å². The number of para-hydroxylation sites is 1. The normalized spacial score (nSPS) is 10.2. The van der Waals surface area contributed by atoms with Crippen molar-refractivity contribution in [3.8, 4) is 17.2 Å². The van der Waals surface area contributed by atoms with Gasteiger partial charge < -0.3 is 14.9 Å². The van der Waals surface area contributed by atoms with Crippen molar-refractivity contribution < 1.29 is 14.9 Å². The summed E-state index contributed by atoms with van der Waals surface area (Å²) in [6.07, 6.45) is 0. The van der Waals surface area contributed by atoms with E-state index in [4.69, 9.17) is 4.74 Å². The fraction of sp³-hybridized carbons (Fsp3) is 0.143. The summed E-state index contributed by atoms with van der Waals surface area (Å²) in [5.41, 5.74) is 2.18. The molecule has 0 saturated carbocycles. The molecule has 2 aromatic carbocycles. The van der Waals surface area contributed by atoms with E-state index in [9.17, 15) is 10.2 Å². The van der Waals surface area contributed by atoms with Gasteiger partial charge in [-0.15, -0.1) is 0 Å². The van der Waals surface area contributed by atoms with Gasteiger partial charge in [0.2, 0.25) is 5.75 Å². The van der Waals surface area contributed by atoms with Gasteiger partial charge in [0.15, 0.2) is 11.5 Å². The first-order valence-corrected chi connectivity index (χ1v) is 5.36. The third kappa shape index (κ3) is 2.50. The van der Waals surface area contributed by atoms with Crippen LogP contribution in [-0.4, -0.2) is 10.2 Å². The van der Waals surface area contributed by atoms with E-state index >= 15 is 0 Å². The summed E-state index contributed by atoms with van der Waals surface area (Å²) in [5.74, 6) is -0.110. The van der Waals surface area contributed by atoms with Gasteiger partial charge in [-0.3, -0.25) is 0 Å². The molecule has 17 heavy (non-hydrogen) atoms. The number of hydrogen-bond acceptors (Lipinski definition) is 3. The van der Waals surface area contributed by atoms with Gasteiger partial charge >= 0.3 is 0 Å². The Kier molecular flexibility index (Phi) is 3.19. The number of phenols is 2. The number of ether oxygens (including phenoxy) is 1.